The SMILES string of the molecule is CCCc1noc(CCC(=O)N(C)C)n1. The van der Waals surface area contributed by atoms with Crippen LogP contribution in [-0.4, -0.2) is 35.0 Å². The number of aromatic nitrogens is 2. The predicted molar refractivity (Wildman–Crippen MR) is 55.3 cm³/mol. The molecule has 5 heteroatoms. The molecular formula is C10H17N3O2. The second kappa shape index (κ2) is 5.48. The molecule has 1 amide bonds. The first-order valence-electron chi connectivity index (χ1n) is 5.15. The standard InChI is InChI=1S/C10H17N3O2/c1-4-5-8-11-9(15-12-8)6-7-10(14)13(2)3/h4-7H2,1-3H3. The van der Waals surface area contributed by atoms with E-state index in [1.54, 1.807) is 19.0 Å². The number of hydrogen-bond acceptors (Lipinski definition) is 4. The summed E-state index contributed by atoms with van der Waals surface area (Å²) in [6.45, 7) is 2.06. The molecule has 15 heavy (non-hydrogen) atoms. The van der Waals surface area contributed by atoms with Crippen molar-refractivity contribution in [2.75, 3.05) is 14.1 Å². The van der Waals surface area contributed by atoms with Crippen molar-refractivity contribution < 1.29 is 9.32 Å². The molecule has 0 aromatic carbocycles. The largest absolute Gasteiger partial charge is 0.349 e. The smallest absolute Gasteiger partial charge is 0.227 e. The van der Waals surface area contributed by atoms with E-state index in [0.717, 1.165) is 18.7 Å². The maximum absolute atomic E-state index is 11.3. The predicted octanol–water partition coefficient (Wildman–Crippen LogP) is 1.04. The van der Waals surface area contributed by atoms with Gasteiger partial charge in [0.15, 0.2) is 5.82 Å². The summed E-state index contributed by atoms with van der Waals surface area (Å²) in [6, 6.07) is 0. The van der Waals surface area contributed by atoms with Crippen LogP contribution in [-0.2, 0) is 17.6 Å². The van der Waals surface area contributed by atoms with E-state index in [0.29, 0.717) is 18.7 Å². The number of aryl methyl sites for hydroxylation is 2. The molecule has 1 aromatic heterocycles. The van der Waals surface area contributed by atoms with Crippen molar-refractivity contribution in [2.24, 2.45) is 0 Å². The molecule has 1 aromatic rings. The zero-order chi connectivity index (χ0) is 11.3. The molecule has 0 atom stereocenters. The Bertz CT molecular complexity index is 320. The third-order valence-electron chi connectivity index (χ3n) is 2.04. The summed E-state index contributed by atoms with van der Waals surface area (Å²) in [5.74, 6) is 1.35. The fraction of sp³-hybridized carbons (Fsp3) is 0.700. The fourth-order valence-corrected chi connectivity index (χ4v) is 1.15. The third-order valence-corrected chi connectivity index (χ3v) is 2.04. The Hall–Kier alpha value is -1.39. The lowest BCUT2D eigenvalue weighted by Crippen LogP contribution is -2.21. The lowest BCUT2D eigenvalue weighted by molar-refractivity contribution is -0.128. The minimum Gasteiger partial charge on any atom is -0.349 e. The highest BCUT2D eigenvalue weighted by atomic mass is 16.5. The van der Waals surface area contributed by atoms with E-state index in [2.05, 4.69) is 17.1 Å². The van der Waals surface area contributed by atoms with Gasteiger partial charge in [0.2, 0.25) is 11.8 Å². The van der Waals surface area contributed by atoms with Gasteiger partial charge in [0, 0.05) is 33.4 Å². The van der Waals surface area contributed by atoms with E-state index in [1.165, 1.54) is 0 Å². The molecular weight excluding hydrogens is 194 g/mol. The van der Waals surface area contributed by atoms with Crippen LogP contribution in [0.1, 0.15) is 31.5 Å². The average Bonchev–Trinajstić information content (AvgIpc) is 2.62. The summed E-state index contributed by atoms with van der Waals surface area (Å²) in [4.78, 5) is 17.0. The quantitative estimate of drug-likeness (QED) is 0.730. The number of amides is 1. The van der Waals surface area contributed by atoms with Crippen molar-refractivity contribution >= 4 is 5.91 Å². The zero-order valence-electron chi connectivity index (χ0n) is 9.49. The molecule has 0 N–H and O–H groups in total. The van der Waals surface area contributed by atoms with Gasteiger partial charge in [-0.05, 0) is 6.42 Å². The first-order chi connectivity index (χ1) is 7.13. The second-order valence-electron chi connectivity index (χ2n) is 3.64. The Kier molecular flexibility index (Phi) is 4.27. The molecule has 0 spiro atoms. The molecule has 0 unspecified atom stereocenters. The Balaban J connectivity index is 2.40. The minimum atomic E-state index is 0.0743. The zero-order valence-corrected chi connectivity index (χ0v) is 9.49. The highest BCUT2D eigenvalue weighted by Gasteiger charge is 2.09. The van der Waals surface area contributed by atoms with Crippen LogP contribution < -0.4 is 0 Å². The van der Waals surface area contributed by atoms with Crippen LogP contribution in [0.2, 0.25) is 0 Å². The molecule has 0 radical (unpaired) electrons. The van der Waals surface area contributed by atoms with Gasteiger partial charge < -0.3 is 9.42 Å². The molecule has 0 fully saturated rings. The van der Waals surface area contributed by atoms with E-state index in [9.17, 15) is 4.79 Å². The summed E-state index contributed by atoms with van der Waals surface area (Å²) in [5, 5.41) is 3.82. The van der Waals surface area contributed by atoms with Crippen molar-refractivity contribution in [1.82, 2.24) is 15.0 Å². The molecule has 84 valence electrons. The summed E-state index contributed by atoms with van der Waals surface area (Å²) >= 11 is 0. The van der Waals surface area contributed by atoms with Gasteiger partial charge in [0.05, 0.1) is 0 Å². The lowest BCUT2D eigenvalue weighted by Gasteiger charge is -2.07. The monoisotopic (exact) mass is 211 g/mol. The van der Waals surface area contributed by atoms with E-state index < -0.39 is 0 Å². The lowest BCUT2D eigenvalue weighted by atomic mass is 10.3. The molecule has 0 saturated heterocycles. The highest BCUT2D eigenvalue weighted by molar-refractivity contribution is 5.75. The van der Waals surface area contributed by atoms with Gasteiger partial charge in [-0.3, -0.25) is 4.79 Å². The fourth-order valence-electron chi connectivity index (χ4n) is 1.15. The third kappa shape index (κ3) is 3.69. The highest BCUT2D eigenvalue weighted by Crippen LogP contribution is 2.03. The van der Waals surface area contributed by atoms with Crippen molar-refractivity contribution in [2.45, 2.75) is 32.6 Å². The van der Waals surface area contributed by atoms with Crippen molar-refractivity contribution in [3.8, 4) is 0 Å². The van der Waals surface area contributed by atoms with Gasteiger partial charge in [-0.25, -0.2) is 0 Å². The number of nitrogens with zero attached hydrogens (tertiary/aromatic N) is 3. The summed E-state index contributed by atoms with van der Waals surface area (Å²) in [7, 11) is 3.47. The van der Waals surface area contributed by atoms with Gasteiger partial charge in [-0.15, -0.1) is 0 Å². The molecule has 0 aliphatic heterocycles. The molecule has 0 bridgehead atoms. The normalized spacial score (nSPS) is 10.3. The van der Waals surface area contributed by atoms with Gasteiger partial charge in [0.25, 0.3) is 0 Å². The maximum Gasteiger partial charge on any atom is 0.227 e. The van der Waals surface area contributed by atoms with E-state index in [4.69, 9.17) is 4.52 Å². The Morgan fingerprint density at radius 2 is 2.13 bits per heavy atom. The van der Waals surface area contributed by atoms with Crippen molar-refractivity contribution in [3.05, 3.63) is 11.7 Å². The van der Waals surface area contributed by atoms with Gasteiger partial charge in [0.1, 0.15) is 0 Å². The van der Waals surface area contributed by atoms with Crippen molar-refractivity contribution in [1.29, 1.82) is 0 Å². The van der Waals surface area contributed by atoms with Gasteiger partial charge in [-0.2, -0.15) is 4.98 Å². The molecule has 1 rings (SSSR count). The van der Waals surface area contributed by atoms with Crippen LogP contribution >= 0.6 is 0 Å². The number of carbonyl (C=O) groups is 1. The Morgan fingerprint density at radius 1 is 1.40 bits per heavy atom. The number of carbonyl (C=O) groups excluding carboxylic acids is 1. The van der Waals surface area contributed by atoms with Gasteiger partial charge >= 0.3 is 0 Å². The van der Waals surface area contributed by atoms with Crippen molar-refractivity contribution in [3.63, 3.8) is 0 Å². The van der Waals surface area contributed by atoms with E-state index >= 15 is 0 Å². The van der Waals surface area contributed by atoms with Crippen LogP contribution in [0.15, 0.2) is 4.52 Å². The first-order valence-corrected chi connectivity index (χ1v) is 5.15. The maximum atomic E-state index is 11.3. The number of hydrogen-bond donors (Lipinski definition) is 0. The summed E-state index contributed by atoms with van der Waals surface area (Å²) < 4.78 is 5.02. The van der Waals surface area contributed by atoms with Crippen LogP contribution in [0.5, 0.6) is 0 Å². The van der Waals surface area contributed by atoms with Crippen LogP contribution in [0.25, 0.3) is 0 Å². The Morgan fingerprint density at radius 3 is 2.73 bits per heavy atom. The first kappa shape index (κ1) is 11.7. The molecule has 0 aliphatic rings. The second-order valence-corrected chi connectivity index (χ2v) is 3.64. The van der Waals surface area contributed by atoms with E-state index in [1.807, 2.05) is 0 Å². The van der Waals surface area contributed by atoms with Crippen LogP contribution in [0, 0.1) is 0 Å². The minimum absolute atomic E-state index is 0.0743. The molecule has 5 nitrogen and oxygen atoms in total. The van der Waals surface area contributed by atoms with Crippen LogP contribution in [0.3, 0.4) is 0 Å². The van der Waals surface area contributed by atoms with E-state index in [-0.39, 0.29) is 5.91 Å². The Labute approximate surface area is 89.5 Å². The van der Waals surface area contributed by atoms with Gasteiger partial charge in [-0.1, -0.05) is 12.1 Å². The molecule has 0 saturated carbocycles. The topological polar surface area (TPSA) is 59.2 Å². The molecule has 0 aliphatic carbocycles. The summed E-state index contributed by atoms with van der Waals surface area (Å²) in [5.41, 5.74) is 0. The van der Waals surface area contributed by atoms with Crippen LogP contribution in [0.4, 0.5) is 0 Å². The molecule has 1 heterocycles. The average molecular weight is 211 g/mol. The summed E-state index contributed by atoms with van der Waals surface area (Å²) in [6.07, 6.45) is 2.76. The number of rotatable bonds is 5.